The summed E-state index contributed by atoms with van der Waals surface area (Å²) in [6.07, 6.45) is 5.44. The summed E-state index contributed by atoms with van der Waals surface area (Å²) >= 11 is 0. The van der Waals surface area contributed by atoms with Crippen LogP contribution in [-0.4, -0.2) is 42.9 Å². The minimum atomic E-state index is -0.0653. The van der Waals surface area contributed by atoms with E-state index in [1.807, 2.05) is 17.0 Å². The van der Waals surface area contributed by atoms with Gasteiger partial charge in [0.05, 0.1) is 6.54 Å². The van der Waals surface area contributed by atoms with Crippen LogP contribution < -0.4 is 10.6 Å². The lowest BCUT2D eigenvalue weighted by Crippen LogP contribution is -2.39. The fourth-order valence-electron chi connectivity index (χ4n) is 2.68. The number of anilines is 1. The van der Waals surface area contributed by atoms with Gasteiger partial charge in [0.25, 0.3) is 5.91 Å². The van der Waals surface area contributed by atoms with Crippen molar-refractivity contribution in [2.75, 3.05) is 31.5 Å². The summed E-state index contributed by atoms with van der Waals surface area (Å²) < 4.78 is 0. The molecule has 1 heterocycles. The first-order valence-corrected chi connectivity index (χ1v) is 8.60. The van der Waals surface area contributed by atoms with Crippen LogP contribution in [0.4, 0.5) is 5.69 Å². The minimum Gasteiger partial charge on any atom is -0.376 e. The van der Waals surface area contributed by atoms with E-state index in [9.17, 15) is 9.59 Å². The molecule has 1 saturated heterocycles. The summed E-state index contributed by atoms with van der Waals surface area (Å²) in [5.41, 5.74) is 1.43. The summed E-state index contributed by atoms with van der Waals surface area (Å²) in [6.45, 7) is 4.79. The molecular weight excluding hydrogens is 290 g/mol. The fraction of sp³-hybridized carbons (Fsp3) is 0.556. The molecule has 0 unspecified atom stereocenters. The zero-order valence-electron chi connectivity index (χ0n) is 13.9. The van der Waals surface area contributed by atoms with E-state index in [1.165, 1.54) is 6.42 Å². The van der Waals surface area contributed by atoms with Crippen LogP contribution in [0.3, 0.4) is 0 Å². The summed E-state index contributed by atoms with van der Waals surface area (Å²) in [4.78, 5) is 26.1. The Morgan fingerprint density at radius 2 is 1.96 bits per heavy atom. The predicted molar refractivity (Wildman–Crippen MR) is 92.6 cm³/mol. The zero-order valence-corrected chi connectivity index (χ0v) is 13.9. The Labute approximate surface area is 138 Å². The monoisotopic (exact) mass is 317 g/mol. The van der Waals surface area contributed by atoms with Crippen LogP contribution in [-0.2, 0) is 4.79 Å². The predicted octanol–water partition coefficient (Wildman–Crippen LogP) is 2.64. The molecule has 0 bridgehead atoms. The van der Waals surface area contributed by atoms with E-state index in [0.717, 1.165) is 44.5 Å². The first kappa shape index (κ1) is 17.3. The SMILES string of the molecule is CCCCNC(=O)c1cccc(NCC(=O)N2CCCCC2)c1. The topological polar surface area (TPSA) is 61.4 Å². The molecular formula is C18H27N3O2. The quantitative estimate of drug-likeness (QED) is 0.760. The van der Waals surface area contributed by atoms with Crippen molar-refractivity contribution in [3.8, 4) is 0 Å². The third-order valence-corrected chi connectivity index (χ3v) is 4.09. The second-order valence-corrected chi connectivity index (χ2v) is 5.99. The Hall–Kier alpha value is -2.04. The third-order valence-electron chi connectivity index (χ3n) is 4.09. The lowest BCUT2D eigenvalue weighted by atomic mass is 10.1. The number of hydrogen-bond donors (Lipinski definition) is 2. The molecule has 2 rings (SSSR count). The van der Waals surface area contributed by atoms with Gasteiger partial charge in [0, 0.05) is 30.9 Å². The molecule has 0 atom stereocenters. The smallest absolute Gasteiger partial charge is 0.251 e. The minimum absolute atomic E-state index is 0.0653. The van der Waals surface area contributed by atoms with Crippen molar-refractivity contribution >= 4 is 17.5 Å². The number of benzene rings is 1. The summed E-state index contributed by atoms with van der Waals surface area (Å²) in [5.74, 6) is 0.0620. The molecule has 0 saturated carbocycles. The molecule has 1 aliphatic heterocycles. The molecule has 1 aliphatic rings. The molecule has 1 aromatic rings. The van der Waals surface area contributed by atoms with Gasteiger partial charge in [-0.3, -0.25) is 9.59 Å². The highest BCUT2D eigenvalue weighted by Crippen LogP contribution is 2.12. The Balaban J connectivity index is 1.84. The van der Waals surface area contributed by atoms with Gasteiger partial charge in [-0.1, -0.05) is 19.4 Å². The fourth-order valence-corrected chi connectivity index (χ4v) is 2.68. The van der Waals surface area contributed by atoms with E-state index < -0.39 is 0 Å². The van der Waals surface area contributed by atoms with Crippen molar-refractivity contribution in [3.05, 3.63) is 29.8 Å². The van der Waals surface area contributed by atoms with E-state index in [0.29, 0.717) is 12.1 Å². The molecule has 0 radical (unpaired) electrons. The van der Waals surface area contributed by atoms with E-state index in [2.05, 4.69) is 17.6 Å². The molecule has 5 nitrogen and oxygen atoms in total. The molecule has 23 heavy (non-hydrogen) atoms. The maximum absolute atomic E-state index is 12.1. The second-order valence-electron chi connectivity index (χ2n) is 5.99. The zero-order chi connectivity index (χ0) is 16.5. The van der Waals surface area contributed by atoms with Crippen LogP contribution >= 0.6 is 0 Å². The van der Waals surface area contributed by atoms with Crippen molar-refractivity contribution in [2.24, 2.45) is 0 Å². The molecule has 2 N–H and O–H groups in total. The number of amides is 2. The number of hydrogen-bond acceptors (Lipinski definition) is 3. The second kappa shape index (κ2) is 9.18. The van der Waals surface area contributed by atoms with Crippen LogP contribution in [0.2, 0.25) is 0 Å². The molecule has 1 fully saturated rings. The Kier molecular flexibility index (Phi) is 6.91. The first-order chi connectivity index (χ1) is 11.2. The maximum atomic E-state index is 12.1. The number of carbonyl (C=O) groups excluding carboxylic acids is 2. The summed E-state index contributed by atoms with van der Waals surface area (Å²) in [7, 11) is 0. The van der Waals surface area contributed by atoms with Crippen molar-refractivity contribution in [1.29, 1.82) is 0 Å². The lowest BCUT2D eigenvalue weighted by molar-refractivity contribution is -0.130. The Bertz CT molecular complexity index is 525. The molecule has 5 heteroatoms. The Morgan fingerprint density at radius 1 is 1.17 bits per heavy atom. The van der Waals surface area contributed by atoms with E-state index in [4.69, 9.17) is 0 Å². The summed E-state index contributed by atoms with van der Waals surface area (Å²) in [6, 6.07) is 7.30. The maximum Gasteiger partial charge on any atom is 0.251 e. The van der Waals surface area contributed by atoms with Crippen LogP contribution in [0.5, 0.6) is 0 Å². The highest BCUT2D eigenvalue weighted by Gasteiger charge is 2.16. The van der Waals surface area contributed by atoms with Crippen molar-refractivity contribution < 1.29 is 9.59 Å². The van der Waals surface area contributed by atoms with Gasteiger partial charge in [-0.25, -0.2) is 0 Å². The number of likely N-dealkylation sites (tertiary alicyclic amines) is 1. The van der Waals surface area contributed by atoms with Crippen molar-refractivity contribution in [3.63, 3.8) is 0 Å². The average molecular weight is 317 g/mol. The van der Waals surface area contributed by atoms with Crippen LogP contribution in [0.1, 0.15) is 49.4 Å². The highest BCUT2D eigenvalue weighted by molar-refractivity contribution is 5.95. The van der Waals surface area contributed by atoms with E-state index in [1.54, 1.807) is 12.1 Å². The number of piperidine rings is 1. The number of carbonyl (C=O) groups is 2. The van der Waals surface area contributed by atoms with Crippen LogP contribution in [0, 0.1) is 0 Å². The largest absolute Gasteiger partial charge is 0.376 e. The van der Waals surface area contributed by atoms with Crippen LogP contribution in [0.25, 0.3) is 0 Å². The van der Waals surface area contributed by atoms with Crippen LogP contribution in [0.15, 0.2) is 24.3 Å². The molecule has 1 aromatic carbocycles. The number of nitrogens with one attached hydrogen (secondary N) is 2. The van der Waals surface area contributed by atoms with Gasteiger partial charge >= 0.3 is 0 Å². The average Bonchev–Trinajstić information content (AvgIpc) is 2.61. The van der Waals surface area contributed by atoms with Gasteiger partial charge in [0.1, 0.15) is 0 Å². The van der Waals surface area contributed by atoms with E-state index in [-0.39, 0.29) is 18.4 Å². The lowest BCUT2D eigenvalue weighted by Gasteiger charge is -2.26. The highest BCUT2D eigenvalue weighted by atomic mass is 16.2. The number of unbranched alkanes of at least 4 members (excludes halogenated alkanes) is 1. The van der Waals surface area contributed by atoms with Gasteiger partial charge < -0.3 is 15.5 Å². The molecule has 0 aliphatic carbocycles. The van der Waals surface area contributed by atoms with Gasteiger partial charge in [-0.15, -0.1) is 0 Å². The third kappa shape index (κ3) is 5.58. The van der Waals surface area contributed by atoms with Crippen molar-refractivity contribution in [2.45, 2.75) is 39.0 Å². The van der Waals surface area contributed by atoms with E-state index >= 15 is 0 Å². The normalized spacial score (nSPS) is 14.4. The Morgan fingerprint density at radius 3 is 2.70 bits per heavy atom. The van der Waals surface area contributed by atoms with Gasteiger partial charge in [-0.05, 0) is 43.9 Å². The molecule has 126 valence electrons. The number of nitrogens with zero attached hydrogens (tertiary/aromatic N) is 1. The molecule has 2 amide bonds. The molecule has 0 aromatic heterocycles. The standard InChI is InChI=1S/C18H27N3O2/c1-2-3-10-19-18(23)15-8-7-9-16(13-15)20-14-17(22)21-11-5-4-6-12-21/h7-9,13,20H,2-6,10-12,14H2,1H3,(H,19,23). The van der Waals surface area contributed by atoms with Gasteiger partial charge in [-0.2, -0.15) is 0 Å². The first-order valence-electron chi connectivity index (χ1n) is 8.60. The molecule has 0 spiro atoms. The summed E-state index contributed by atoms with van der Waals surface area (Å²) in [5, 5.41) is 6.03. The van der Waals surface area contributed by atoms with Gasteiger partial charge in [0.2, 0.25) is 5.91 Å². The van der Waals surface area contributed by atoms with Gasteiger partial charge in [0.15, 0.2) is 0 Å². The number of rotatable bonds is 7. The van der Waals surface area contributed by atoms with Crippen molar-refractivity contribution in [1.82, 2.24) is 10.2 Å².